The highest BCUT2D eigenvalue weighted by atomic mass is 16.3. The number of carbonyl (C=O) groups excluding carboxylic acids is 2. The normalized spacial score (nSPS) is 9.89. The smallest absolute Gasteiger partial charge is 0.251 e. The molecule has 0 heterocycles. The molecule has 0 aliphatic heterocycles. The van der Waals surface area contributed by atoms with Crippen molar-refractivity contribution in [2.24, 2.45) is 0 Å². The molecule has 1 aromatic carbocycles. The predicted molar refractivity (Wildman–Crippen MR) is 68.0 cm³/mol. The van der Waals surface area contributed by atoms with Crippen molar-refractivity contribution in [2.75, 3.05) is 13.2 Å². The van der Waals surface area contributed by atoms with Gasteiger partial charge < -0.3 is 15.7 Å². The lowest BCUT2D eigenvalue weighted by atomic mass is 10.1. The standard InChI is InChI=1S/C13H18N2O3/c1-10(17)15-9-11-3-5-12(6-4-11)13(18)14-7-2-8-16/h3-6,16H,2,7-9H2,1H3,(H,14,18)(H,15,17). The maximum atomic E-state index is 11.6. The first-order valence-electron chi connectivity index (χ1n) is 5.86. The lowest BCUT2D eigenvalue weighted by molar-refractivity contribution is -0.119. The molecule has 3 N–H and O–H groups in total. The van der Waals surface area contributed by atoms with Crippen molar-refractivity contribution in [3.63, 3.8) is 0 Å². The average Bonchev–Trinajstić information content (AvgIpc) is 2.37. The summed E-state index contributed by atoms with van der Waals surface area (Å²) in [5.41, 5.74) is 1.51. The number of aliphatic hydroxyl groups is 1. The minimum Gasteiger partial charge on any atom is -0.396 e. The molecule has 5 nitrogen and oxygen atoms in total. The first-order chi connectivity index (χ1) is 8.63. The molecular formula is C13H18N2O3. The van der Waals surface area contributed by atoms with Crippen LogP contribution in [0.3, 0.4) is 0 Å². The number of aliphatic hydroxyl groups excluding tert-OH is 1. The molecule has 0 radical (unpaired) electrons. The lowest BCUT2D eigenvalue weighted by Gasteiger charge is -2.06. The van der Waals surface area contributed by atoms with Gasteiger partial charge in [-0.15, -0.1) is 0 Å². The predicted octanol–water partition coefficient (Wildman–Crippen LogP) is 0.435. The van der Waals surface area contributed by atoms with Gasteiger partial charge >= 0.3 is 0 Å². The van der Waals surface area contributed by atoms with E-state index in [2.05, 4.69) is 10.6 Å². The largest absolute Gasteiger partial charge is 0.396 e. The summed E-state index contributed by atoms with van der Waals surface area (Å²) in [7, 11) is 0. The molecule has 98 valence electrons. The van der Waals surface area contributed by atoms with E-state index >= 15 is 0 Å². The maximum absolute atomic E-state index is 11.6. The Balaban J connectivity index is 2.48. The van der Waals surface area contributed by atoms with Gasteiger partial charge in [0.1, 0.15) is 0 Å². The van der Waals surface area contributed by atoms with E-state index in [0.29, 0.717) is 25.1 Å². The van der Waals surface area contributed by atoms with Crippen molar-refractivity contribution in [3.05, 3.63) is 35.4 Å². The Morgan fingerprint density at radius 1 is 1.17 bits per heavy atom. The molecule has 0 unspecified atom stereocenters. The van der Waals surface area contributed by atoms with Crippen LogP contribution in [-0.4, -0.2) is 30.1 Å². The molecule has 18 heavy (non-hydrogen) atoms. The van der Waals surface area contributed by atoms with Crippen molar-refractivity contribution in [1.29, 1.82) is 0 Å². The van der Waals surface area contributed by atoms with Crippen LogP contribution >= 0.6 is 0 Å². The molecule has 0 saturated heterocycles. The lowest BCUT2D eigenvalue weighted by Crippen LogP contribution is -2.25. The van der Waals surface area contributed by atoms with Crippen molar-refractivity contribution >= 4 is 11.8 Å². The molecule has 1 aromatic rings. The van der Waals surface area contributed by atoms with E-state index in [0.717, 1.165) is 5.56 Å². The number of benzene rings is 1. The van der Waals surface area contributed by atoms with Crippen LogP contribution in [0.4, 0.5) is 0 Å². The number of hydrogen-bond donors (Lipinski definition) is 3. The molecule has 0 saturated carbocycles. The Labute approximate surface area is 106 Å². The summed E-state index contributed by atoms with van der Waals surface area (Å²) in [6.45, 7) is 2.45. The summed E-state index contributed by atoms with van der Waals surface area (Å²) in [6.07, 6.45) is 0.548. The molecule has 0 bridgehead atoms. The molecule has 2 amide bonds. The summed E-state index contributed by atoms with van der Waals surface area (Å²) in [5.74, 6) is -0.240. The molecular weight excluding hydrogens is 232 g/mol. The molecule has 0 fully saturated rings. The van der Waals surface area contributed by atoms with E-state index in [4.69, 9.17) is 5.11 Å². The van der Waals surface area contributed by atoms with Gasteiger partial charge in [-0.1, -0.05) is 12.1 Å². The Morgan fingerprint density at radius 2 is 1.83 bits per heavy atom. The van der Waals surface area contributed by atoms with Gasteiger partial charge in [0.25, 0.3) is 5.91 Å². The van der Waals surface area contributed by atoms with Crippen LogP contribution in [0.15, 0.2) is 24.3 Å². The highest BCUT2D eigenvalue weighted by Crippen LogP contribution is 2.04. The maximum Gasteiger partial charge on any atom is 0.251 e. The van der Waals surface area contributed by atoms with Crippen LogP contribution < -0.4 is 10.6 Å². The fourth-order valence-electron chi connectivity index (χ4n) is 1.38. The molecule has 0 aliphatic carbocycles. The molecule has 1 rings (SSSR count). The second kappa shape index (κ2) is 7.45. The second-order valence-corrected chi connectivity index (χ2v) is 3.94. The zero-order valence-corrected chi connectivity index (χ0v) is 10.4. The molecule has 5 heteroatoms. The fraction of sp³-hybridized carbons (Fsp3) is 0.385. The number of rotatable bonds is 6. The Morgan fingerprint density at radius 3 is 2.39 bits per heavy atom. The molecule has 0 atom stereocenters. The minimum atomic E-state index is -0.158. The van der Waals surface area contributed by atoms with Crippen LogP contribution in [0.25, 0.3) is 0 Å². The SMILES string of the molecule is CC(=O)NCc1ccc(C(=O)NCCCO)cc1. The van der Waals surface area contributed by atoms with Crippen molar-refractivity contribution in [3.8, 4) is 0 Å². The zero-order valence-electron chi connectivity index (χ0n) is 10.4. The van der Waals surface area contributed by atoms with Crippen molar-refractivity contribution in [2.45, 2.75) is 19.9 Å². The van der Waals surface area contributed by atoms with E-state index in [1.54, 1.807) is 24.3 Å². The third-order valence-corrected chi connectivity index (χ3v) is 2.38. The van der Waals surface area contributed by atoms with Gasteiger partial charge in [-0.05, 0) is 24.1 Å². The Bertz CT molecular complexity index is 401. The Kier molecular flexibility index (Phi) is 5.87. The van der Waals surface area contributed by atoms with E-state index < -0.39 is 0 Å². The Hall–Kier alpha value is -1.88. The van der Waals surface area contributed by atoms with E-state index in [1.807, 2.05) is 0 Å². The highest BCUT2D eigenvalue weighted by Gasteiger charge is 2.04. The fourth-order valence-corrected chi connectivity index (χ4v) is 1.38. The van der Waals surface area contributed by atoms with Crippen LogP contribution in [0.5, 0.6) is 0 Å². The number of hydrogen-bond acceptors (Lipinski definition) is 3. The topological polar surface area (TPSA) is 78.4 Å². The summed E-state index contributed by atoms with van der Waals surface area (Å²) < 4.78 is 0. The van der Waals surface area contributed by atoms with Crippen LogP contribution in [0.1, 0.15) is 29.3 Å². The number of nitrogens with one attached hydrogen (secondary N) is 2. The average molecular weight is 250 g/mol. The van der Waals surface area contributed by atoms with E-state index in [1.165, 1.54) is 6.92 Å². The van der Waals surface area contributed by atoms with Gasteiger partial charge in [-0.3, -0.25) is 9.59 Å². The highest BCUT2D eigenvalue weighted by molar-refractivity contribution is 5.94. The van der Waals surface area contributed by atoms with Gasteiger partial charge in [-0.25, -0.2) is 0 Å². The van der Waals surface area contributed by atoms with Gasteiger partial charge in [0.05, 0.1) is 0 Å². The van der Waals surface area contributed by atoms with Gasteiger partial charge in [-0.2, -0.15) is 0 Å². The van der Waals surface area contributed by atoms with E-state index in [-0.39, 0.29) is 18.4 Å². The number of amides is 2. The van der Waals surface area contributed by atoms with Gasteiger partial charge in [0.15, 0.2) is 0 Å². The summed E-state index contributed by atoms with van der Waals surface area (Å²) in [5, 5.41) is 14.0. The number of carbonyl (C=O) groups is 2. The third-order valence-electron chi connectivity index (χ3n) is 2.38. The molecule has 0 aromatic heterocycles. The van der Waals surface area contributed by atoms with Crippen molar-refractivity contribution < 1.29 is 14.7 Å². The van der Waals surface area contributed by atoms with Crippen LogP contribution in [0, 0.1) is 0 Å². The molecule has 0 aliphatic rings. The second-order valence-electron chi connectivity index (χ2n) is 3.94. The van der Waals surface area contributed by atoms with Gasteiger partial charge in [0.2, 0.25) is 5.91 Å². The first kappa shape index (κ1) is 14.2. The molecule has 0 spiro atoms. The summed E-state index contributed by atoms with van der Waals surface area (Å²) >= 11 is 0. The zero-order chi connectivity index (χ0) is 13.4. The third kappa shape index (κ3) is 4.97. The van der Waals surface area contributed by atoms with Gasteiger partial charge in [0, 0.05) is 32.2 Å². The quantitative estimate of drug-likeness (QED) is 0.641. The summed E-state index contributed by atoms with van der Waals surface area (Å²) in [6, 6.07) is 7.03. The minimum absolute atomic E-state index is 0.0654. The van der Waals surface area contributed by atoms with Crippen molar-refractivity contribution in [1.82, 2.24) is 10.6 Å². The van der Waals surface area contributed by atoms with E-state index in [9.17, 15) is 9.59 Å². The van der Waals surface area contributed by atoms with Crippen LogP contribution in [-0.2, 0) is 11.3 Å². The van der Waals surface area contributed by atoms with Crippen LogP contribution in [0.2, 0.25) is 0 Å². The monoisotopic (exact) mass is 250 g/mol. The first-order valence-corrected chi connectivity index (χ1v) is 5.86. The summed E-state index contributed by atoms with van der Waals surface area (Å²) in [4.78, 5) is 22.4.